The first-order valence-electron chi connectivity index (χ1n) is 3.07. The highest BCUT2D eigenvalue weighted by molar-refractivity contribution is 5.88. The van der Waals surface area contributed by atoms with Gasteiger partial charge in [-0.15, -0.1) is 0 Å². The van der Waals surface area contributed by atoms with Gasteiger partial charge in [0.15, 0.2) is 5.69 Å². The van der Waals surface area contributed by atoms with Crippen molar-refractivity contribution in [1.82, 2.24) is 4.98 Å². The van der Waals surface area contributed by atoms with Gasteiger partial charge in [-0.2, -0.15) is 0 Å². The summed E-state index contributed by atoms with van der Waals surface area (Å²) in [6.07, 6.45) is 1.38. The third-order valence-corrected chi connectivity index (χ3v) is 1.45. The van der Waals surface area contributed by atoms with Crippen LogP contribution in [0.5, 0.6) is 0 Å². The molecule has 1 aromatic heterocycles. The molecule has 0 fully saturated rings. The normalized spacial score (nSPS) is 9.55. The van der Waals surface area contributed by atoms with Crippen LogP contribution in [0.2, 0.25) is 0 Å². The second kappa shape index (κ2) is 2.57. The van der Waals surface area contributed by atoms with Crippen molar-refractivity contribution in [3.8, 4) is 0 Å². The topological polar surface area (TPSA) is 76.2 Å². The molecule has 0 unspecified atom stereocenters. The smallest absolute Gasteiger partial charge is 0.354 e. The fourth-order valence-corrected chi connectivity index (χ4v) is 0.766. The maximum atomic E-state index is 10.5. The number of rotatable bonds is 1. The molecule has 1 heterocycles. The molecule has 0 bridgehead atoms. The molecule has 0 radical (unpaired) electrons. The van der Waals surface area contributed by atoms with Crippen LogP contribution in [0.3, 0.4) is 0 Å². The summed E-state index contributed by atoms with van der Waals surface area (Å²) < 4.78 is 0. The van der Waals surface area contributed by atoms with E-state index in [0.29, 0.717) is 11.3 Å². The Labute approximate surface area is 63.7 Å². The first-order chi connectivity index (χ1) is 5.13. The minimum Gasteiger partial charge on any atom is -0.477 e. The minimum absolute atomic E-state index is 0.0185. The molecule has 0 aromatic carbocycles. The quantitative estimate of drug-likeness (QED) is 0.620. The summed E-state index contributed by atoms with van der Waals surface area (Å²) in [5.74, 6) is -1.05. The fourth-order valence-electron chi connectivity index (χ4n) is 0.766. The second-order valence-electron chi connectivity index (χ2n) is 2.18. The van der Waals surface area contributed by atoms with Gasteiger partial charge in [0.2, 0.25) is 0 Å². The largest absolute Gasteiger partial charge is 0.477 e. The molecule has 0 saturated carbocycles. The van der Waals surface area contributed by atoms with Gasteiger partial charge in [0.1, 0.15) is 0 Å². The lowest BCUT2D eigenvalue weighted by molar-refractivity contribution is 0.0689. The average molecular weight is 152 g/mol. The van der Waals surface area contributed by atoms with Crippen molar-refractivity contribution in [2.45, 2.75) is 6.92 Å². The van der Waals surface area contributed by atoms with Gasteiger partial charge in [-0.05, 0) is 13.0 Å². The number of nitrogen functional groups attached to an aromatic ring is 1. The van der Waals surface area contributed by atoms with Crippen molar-refractivity contribution in [2.24, 2.45) is 0 Å². The second-order valence-corrected chi connectivity index (χ2v) is 2.18. The lowest BCUT2D eigenvalue weighted by atomic mass is 10.2. The molecule has 58 valence electrons. The molecule has 0 aliphatic heterocycles. The first kappa shape index (κ1) is 7.53. The molecule has 3 N–H and O–H groups in total. The molecule has 11 heavy (non-hydrogen) atoms. The van der Waals surface area contributed by atoms with E-state index in [1.54, 1.807) is 13.0 Å². The van der Waals surface area contributed by atoms with Gasteiger partial charge < -0.3 is 10.8 Å². The van der Waals surface area contributed by atoms with Gasteiger partial charge in [-0.1, -0.05) is 0 Å². The van der Waals surface area contributed by atoms with Crippen molar-refractivity contribution < 1.29 is 9.90 Å². The van der Waals surface area contributed by atoms with Crippen LogP contribution < -0.4 is 5.73 Å². The van der Waals surface area contributed by atoms with Crippen LogP contribution in [0.1, 0.15) is 16.1 Å². The van der Waals surface area contributed by atoms with Crippen molar-refractivity contribution in [3.05, 3.63) is 23.5 Å². The Kier molecular flexibility index (Phi) is 1.76. The van der Waals surface area contributed by atoms with Crippen LogP contribution in [-0.4, -0.2) is 16.1 Å². The van der Waals surface area contributed by atoms with Gasteiger partial charge in [0.05, 0.1) is 0 Å². The number of hydrogen-bond acceptors (Lipinski definition) is 3. The maximum absolute atomic E-state index is 10.5. The third-order valence-electron chi connectivity index (χ3n) is 1.45. The number of hydrogen-bond donors (Lipinski definition) is 2. The van der Waals surface area contributed by atoms with Crippen LogP contribution in [0.15, 0.2) is 12.3 Å². The summed E-state index contributed by atoms with van der Waals surface area (Å²) in [4.78, 5) is 14.1. The SMILES string of the molecule is Cc1c(N)ccnc1C(=O)O. The van der Waals surface area contributed by atoms with Gasteiger partial charge in [0, 0.05) is 17.4 Å². The van der Waals surface area contributed by atoms with E-state index in [0.717, 1.165) is 0 Å². The first-order valence-corrected chi connectivity index (χ1v) is 3.07. The van der Waals surface area contributed by atoms with E-state index in [2.05, 4.69) is 4.98 Å². The zero-order valence-corrected chi connectivity index (χ0v) is 6.03. The molecule has 0 aliphatic carbocycles. The number of carboxylic acid groups (broad SMARTS) is 1. The number of nitrogens with two attached hydrogens (primary N) is 1. The lowest BCUT2D eigenvalue weighted by Gasteiger charge is -2.00. The van der Waals surface area contributed by atoms with E-state index in [4.69, 9.17) is 10.8 Å². The Hall–Kier alpha value is -1.58. The van der Waals surface area contributed by atoms with E-state index >= 15 is 0 Å². The Morgan fingerprint density at radius 3 is 2.82 bits per heavy atom. The molecule has 0 amide bonds. The molecule has 4 heteroatoms. The highest BCUT2D eigenvalue weighted by Gasteiger charge is 2.09. The third kappa shape index (κ3) is 1.29. The van der Waals surface area contributed by atoms with Crippen LogP contribution in [0.4, 0.5) is 5.69 Å². The van der Waals surface area contributed by atoms with Crippen LogP contribution >= 0.6 is 0 Å². The van der Waals surface area contributed by atoms with Crippen LogP contribution in [0.25, 0.3) is 0 Å². The number of carbonyl (C=O) groups is 1. The number of aromatic nitrogens is 1. The molecule has 4 nitrogen and oxygen atoms in total. The Balaban J connectivity index is 3.27. The van der Waals surface area contributed by atoms with E-state index < -0.39 is 5.97 Å². The van der Waals surface area contributed by atoms with E-state index in [1.807, 2.05) is 0 Å². The van der Waals surface area contributed by atoms with Crippen molar-refractivity contribution in [1.29, 1.82) is 0 Å². The molecular formula is C7H8N2O2. The summed E-state index contributed by atoms with van der Waals surface area (Å²) in [6, 6.07) is 1.57. The molecule has 0 aliphatic rings. The molecular weight excluding hydrogens is 144 g/mol. The van der Waals surface area contributed by atoms with Crippen molar-refractivity contribution >= 4 is 11.7 Å². The minimum atomic E-state index is -1.05. The van der Waals surface area contributed by atoms with E-state index in [1.165, 1.54) is 6.20 Å². The van der Waals surface area contributed by atoms with Crippen molar-refractivity contribution in [2.75, 3.05) is 5.73 Å². The number of pyridine rings is 1. The van der Waals surface area contributed by atoms with E-state index in [9.17, 15) is 4.79 Å². The van der Waals surface area contributed by atoms with Gasteiger partial charge in [-0.3, -0.25) is 0 Å². The summed E-state index contributed by atoms with van der Waals surface area (Å²) in [6.45, 7) is 1.63. The van der Waals surface area contributed by atoms with Crippen molar-refractivity contribution in [3.63, 3.8) is 0 Å². The van der Waals surface area contributed by atoms with Gasteiger partial charge >= 0.3 is 5.97 Å². The Morgan fingerprint density at radius 1 is 1.73 bits per heavy atom. The number of nitrogens with zero attached hydrogens (tertiary/aromatic N) is 1. The monoisotopic (exact) mass is 152 g/mol. The summed E-state index contributed by atoms with van der Waals surface area (Å²) in [5, 5.41) is 8.57. The maximum Gasteiger partial charge on any atom is 0.354 e. The van der Waals surface area contributed by atoms with Crippen LogP contribution in [-0.2, 0) is 0 Å². The number of aromatic carboxylic acids is 1. The lowest BCUT2D eigenvalue weighted by Crippen LogP contribution is -2.05. The summed E-state index contributed by atoms with van der Waals surface area (Å²) in [5.41, 5.74) is 6.44. The highest BCUT2D eigenvalue weighted by atomic mass is 16.4. The van der Waals surface area contributed by atoms with Gasteiger partial charge in [-0.25, -0.2) is 9.78 Å². The molecule has 0 atom stereocenters. The number of carboxylic acids is 1. The van der Waals surface area contributed by atoms with Gasteiger partial charge in [0.25, 0.3) is 0 Å². The zero-order chi connectivity index (χ0) is 8.43. The molecule has 1 aromatic rings. The number of anilines is 1. The molecule has 0 spiro atoms. The van der Waals surface area contributed by atoms with E-state index in [-0.39, 0.29) is 5.69 Å². The predicted molar refractivity (Wildman–Crippen MR) is 40.3 cm³/mol. The summed E-state index contributed by atoms with van der Waals surface area (Å²) in [7, 11) is 0. The Morgan fingerprint density at radius 2 is 2.36 bits per heavy atom. The molecule has 0 saturated heterocycles. The summed E-state index contributed by atoms with van der Waals surface area (Å²) >= 11 is 0. The fraction of sp³-hybridized carbons (Fsp3) is 0.143. The van der Waals surface area contributed by atoms with Crippen LogP contribution in [0, 0.1) is 6.92 Å². The zero-order valence-electron chi connectivity index (χ0n) is 6.03. The molecule has 1 rings (SSSR count). The standard InChI is InChI=1S/C7H8N2O2/c1-4-5(8)2-3-9-6(4)7(10)11/h2-3H,1H3,(H2,8,9)(H,10,11). The average Bonchev–Trinajstić information content (AvgIpc) is 1.94. The highest BCUT2D eigenvalue weighted by Crippen LogP contribution is 2.11. The Bertz CT molecular complexity index is 296. The predicted octanol–water partition coefficient (Wildman–Crippen LogP) is 0.670.